The maximum absolute atomic E-state index is 5.79. The Bertz CT molecular complexity index is 365. The molecular weight excluding hydrogens is 240 g/mol. The van der Waals surface area contributed by atoms with E-state index < -0.39 is 0 Å². The first-order chi connectivity index (χ1) is 9.24. The Kier molecular flexibility index (Phi) is 7.11. The van der Waals surface area contributed by atoms with Crippen LogP contribution in [-0.4, -0.2) is 45.3 Å². The lowest BCUT2D eigenvalue weighted by Gasteiger charge is -2.18. The smallest absolute Gasteiger partial charge is 0.162 e. The van der Waals surface area contributed by atoms with E-state index in [-0.39, 0.29) is 0 Å². The Balaban J connectivity index is 2.44. The number of rotatable bonds is 9. The van der Waals surface area contributed by atoms with E-state index in [2.05, 4.69) is 24.1 Å². The highest BCUT2D eigenvalue weighted by atomic mass is 16.5. The van der Waals surface area contributed by atoms with Crippen LogP contribution in [0, 0.1) is 0 Å². The van der Waals surface area contributed by atoms with Crippen LogP contribution in [-0.2, 0) is 0 Å². The lowest BCUT2D eigenvalue weighted by atomic mass is 10.2. The Morgan fingerprint density at radius 3 is 2.47 bits per heavy atom. The van der Waals surface area contributed by atoms with Gasteiger partial charge in [0, 0.05) is 25.3 Å². The molecule has 0 saturated carbocycles. The average Bonchev–Trinajstić information content (AvgIpc) is 2.47. The van der Waals surface area contributed by atoms with Gasteiger partial charge in [0.15, 0.2) is 11.5 Å². The third-order valence-electron chi connectivity index (χ3n) is 3.22. The van der Waals surface area contributed by atoms with Gasteiger partial charge < -0.3 is 19.7 Å². The summed E-state index contributed by atoms with van der Waals surface area (Å²) in [5.41, 5.74) is 1.02. The molecule has 0 aliphatic heterocycles. The number of ether oxygens (including phenoxy) is 2. The highest BCUT2D eigenvalue weighted by Gasteiger charge is 2.05. The lowest BCUT2D eigenvalue weighted by molar-refractivity contribution is 0.242. The fraction of sp³-hybridized carbons (Fsp3) is 0.600. The van der Waals surface area contributed by atoms with Gasteiger partial charge in [-0.2, -0.15) is 0 Å². The number of nitrogens with one attached hydrogen (secondary N) is 1. The summed E-state index contributed by atoms with van der Waals surface area (Å²) in [5, 5.41) is 3.08. The summed E-state index contributed by atoms with van der Waals surface area (Å²) in [6.07, 6.45) is 1.03. The molecule has 108 valence electrons. The van der Waals surface area contributed by atoms with Crippen molar-refractivity contribution in [2.75, 3.05) is 45.7 Å². The van der Waals surface area contributed by atoms with Gasteiger partial charge in [0.1, 0.15) is 0 Å². The Hall–Kier alpha value is -1.42. The van der Waals surface area contributed by atoms with Gasteiger partial charge >= 0.3 is 0 Å². The van der Waals surface area contributed by atoms with E-state index in [9.17, 15) is 0 Å². The second-order valence-corrected chi connectivity index (χ2v) is 4.34. The minimum atomic E-state index is 0.714. The lowest BCUT2D eigenvalue weighted by Crippen LogP contribution is -2.25. The summed E-state index contributed by atoms with van der Waals surface area (Å²) < 4.78 is 11.1. The van der Waals surface area contributed by atoms with Crippen LogP contribution in [0.1, 0.15) is 20.3 Å². The topological polar surface area (TPSA) is 33.7 Å². The van der Waals surface area contributed by atoms with Crippen molar-refractivity contribution in [3.63, 3.8) is 0 Å². The normalized spacial score (nSPS) is 10.6. The molecule has 0 aliphatic rings. The van der Waals surface area contributed by atoms with E-state index in [0.717, 1.165) is 43.2 Å². The molecule has 0 heterocycles. The number of anilines is 1. The van der Waals surface area contributed by atoms with Crippen molar-refractivity contribution < 1.29 is 9.47 Å². The molecule has 4 heteroatoms. The highest BCUT2D eigenvalue weighted by molar-refractivity contribution is 5.54. The van der Waals surface area contributed by atoms with Crippen LogP contribution < -0.4 is 14.8 Å². The van der Waals surface area contributed by atoms with Gasteiger partial charge in [-0.1, -0.05) is 13.8 Å². The second kappa shape index (κ2) is 8.64. The average molecular weight is 266 g/mol. The number of hydrogen-bond donors (Lipinski definition) is 1. The van der Waals surface area contributed by atoms with Gasteiger partial charge in [-0.25, -0.2) is 0 Å². The SMILES string of the molecule is CCN(CC)CCCOc1ccc(NC)cc1OC. The molecule has 0 radical (unpaired) electrons. The van der Waals surface area contributed by atoms with Crippen molar-refractivity contribution in [2.45, 2.75) is 20.3 Å². The molecule has 0 aromatic heterocycles. The molecule has 0 unspecified atom stereocenters. The van der Waals surface area contributed by atoms with Crippen LogP contribution in [0.15, 0.2) is 18.2 Å². The van der Waals surface area contributed by atoms with Gasteiger partial charge in [-0.15, -0.1) is 0 Å². The van der Waals surface area contributed by atoms with E-state index in [1.54, 1.807) is 7.11 Å². The van der Waals surface area contributed by atoms with E-state index in [1.165, 1.54) is 0 Å². The Morgan fingerprint density at radius 2 is 1.89 bits per heavy atom. The Morgan fingerprint density at radius 1 is 1.16 bits per heavy atom. The molecule has 1 rings (SSSR count). The predicted octanol–water partition coefficient (Wildman–Crippen LogP) is 2.85. The zero-order chi connectivity index (χ0) is 14.1. The van der Waals surface area contributed by atoms with Crippen LogP contribution in [0.4, 0.5) is 5.69 Å². The van der Waals surface area contributed by atoms with Gasteiger partial charge in [0.05, 0.1) is 13.7 Å². The van der Waals surface area contributed by atoms with E-state index >= 15 is 0 Å². The molecule has 0 saturated heterocycles. The largest absolute Gasteiger partial charge is 0.493 e. The first-order valence-corrected chi connectivity index (χ1v) is 6.96. The molecule has 0 fully saturated rings. The van der Waals surface area contributed by atoms with Crippen molar-refractivity contribution in [2.24, 2.45) is 0 Å². The van der Waals surface area contributed by atoms with E-state index in [0.29, 0.717) is 6.61 Å². The Labute approximate surface area is 116 Å². The molecule has 1 aromatic carbocycles. The molecule has 4 nitrogen and oxygen atoms in total. The summed E-state index contributed by atoms with van der Waals surface area (Å²) in [4.78, 5) is 2.39. The number of methoxy groups -OCH3 is 1. The molecule has 19 heavy (non-hydrogen) atoms. The quantitative estimate of drug-likeness (QED) is 0.697. The molecule has 1 aromatic rings. The van der Waals surface area contributed by atoms with Gasteiger partial charge in [-0.3, -0.25) is 0 Å². The predicted molar refractivity (Wildman–Crippen MR) is 80.4 cm³/mol. The number of hydrogen-bond acceptors (Lipinski definition) is 4. The minimum Gasteiger partial charge on any atom is -0.493 e. The van der Waals surface area contributed by atoms with Gasteiger partial charge in [0.25, 0.3) is 0 Å². The van der Waals surface area contributed by atoms with Gasteiger partial charge in [0.2, 0.25) is 0 Å². The third kappa shape index (κ3) is 4.99. The standard InChI is InChI=1S/C15H26N2O2/c1-5-17(6-2)10-7-11-19-14-9-8-13(16-3)12-15(14)18-4/h8-9,12,16H,5-7,10-11H2,1-4H3. The van der Waals surface area contributed by atoms with Crippen molar-refractivity contribution in [3.05, 3.63) is 18.2 Å². The maximum Gasteiger partial charge on any atom is 0.162 e. The molecule has 0 amide bonds. The third-order valence-corrected chi connectivity index (χ3v) is 3.22. The van der Waals surface area contributed by atoms with Crippen molar-refractivity contribution >= 4 is 5.69 Å². The van der Waals surface area contributed by atoms with Gasteiger partial charge in [-0.05, 0) is 31.6 Å². The molecular formula is C15H26N2O2. The molecule has 0 spiro atoms. The van der Waals surface area contributed by atoms with Crippen LogP contribution >= 0.6 is 0 Å². The molecule has 1 N–H and O–H groups in total. The molecule has 0 atom stereocenters. The maximum atomic E-state index is 5.79. The monoisotopic (exact) mass is 266 g/mol. The molecule has 0 aliphatic carbocycles. The number of benzene rings is 1. The van der Waals surface area contributed by atoms with Crippen LogP contribution in [0.2, 0.25) is 0 Å². The zero-order valence-electron chi connectivity index (χ0n) is 12.5. The van der Waals surface area contributed by atoms with Crippen molar-refractivity contribution in [1.29, 1.82) is 0 Å². The summed E-state index contributed by atoms with van der Waals surface area (Å²) >= 11 is 0. The summed E-state index contributed by atoms with van der Waals surface area (Å²) in [6, 6.07) is 5.88. The first-order valence-electron chi connectivity index (χ1n) is 6.96. The highest BCUT2D eigenvalue weighted by Crippen LogP contribution is 2.30. The van der Waals surface area contributed by atoms with Crippen LogP contribution in [0.3, 0.4) is 0 Å². The zero-order valence-corrected chi connectivity index (χ0v) is 12.5. The summed E-state index contributed by atoms with van der Waals surface area (Å²) in [6.45, 7) is 8.34. The summed E-state index contributed by atoms with van der Waals surface area (Å²) in [7, 11) is 3.55. The van der Waals surface area contributed by atoms with Crippen LogP contribution in [0.5, 0.6) is 11.5 Å². The van der Waals surface area contributed by atoms with Crippen molar-refractivity contribution in [1.82, 2.24) is 4.90 Å². The summed E-state index contributed by atoms with van der Waals surface area (Å²) in [5.74, 6) is 1.58. The molecule has 0 bridgehead atoms. The van der Waals surface area contributed by atoms with E-state index in [1.807, 2.05) is 25.2 Å². The van der Waals surface area contributed by atoms with E-state index in [4.69, 9.17) is 9.47 Å². The second-order valence-electron chi connectivity index (χ2n) is 4.34. The minimum absolute atomic E-state index is 0.714. The first kappa shape index (κ1) is 15.6. The number of nitrogens with zero attached hydrogens (tertiary/aromatic N) is 1. The van der Waals surface area contributed by atoms with Crippen LogP contribution in [0.25, 0.3) is 0 Å². The van der Waals surface area contributed by atoms with Crippen molar-refractivity contribution in [3.8, 4) is 11.5 Å². The fourth-order valence-corrected chi connectivity index (χ4v) is 1.95. The fourth-order valence-electron chi connectivity index (χ4n) is 1.95.